The van der Waals surface area contributed by atoms with E-state index in [0.29, 0.717) is 10.6 Å². The van der Waals surface area contributed by atoms with Gasteiger partial charge in [0.2, 0.25) is 0 Å². The number of likely N-dealkylation sites (N-methyl/N-ethyl adjacent to an activating group) is 1. The van der Waals surface area contributed by atoms with E-state index < -0.39 is 17.7 Å². The Morgan fingerprint density at radius 2 is 1.86 bits per heavy atom. The number of halogens is 1. The molecular formula is C34H32ClN3O3S. The Morgan fingerprint density at radius 1 is 1.10 bits per heavy atom. The number of hydrogen-bond acceptors (Lipinski definition) is 6. The quantitative estimate of drug-likeness (QED) is 0.211. The van der Waals surface area contributed by atoms with E-state index in [1.165, 1.54) is 11.3 Å². The Morgan fingerprint density at radius 3 is 2.57 bits per heavy atom. The summed E-state index contributed by atoms with van der Waals surface area (Å²) in [6.45, 7) is 8.52. The highest BCUT2D eigenvalue weighted by Gasteiger charge is 2.32. The maximum absolute atomic E-state index is 12.6. The molecule has 1 N–H and O–H groups in total. The zero-order valence-electron chi connectivity index (χ0n) is 24.2. The van der Waals surface area contributed by atoms with Gasteiger partial charge in [-0.1, -0.05) is 35.9 Å². The van der Waals surface area contributed by atoms with Gasteiger partial charge in [-0.2, -0.15) is 0 Å². The summed E-state index contributed by atoms with van der Waals surface area (Å²) in [5.74, 6) is -1.04. The van der Waals surface area contributed by atoms with Crippen molar-refractivity contribution in [3.63, 3.8) is 0 Å². The van der Waals surface area contributed by atoms with E-state index in [4.69, 9.17) is 26.3 Å². The lowest BCUT2D eigenvalue weighted by atomic mass is 9.91. The van der Waals surface area contributed by atoms with E-state index >= 15 is 0 Å². The van der Waals surface area contributed by atoms with E-state index in [9.17, 15) is 9.90 Å². The molecule has 0 saturated heterocycles. The summed E-state index contributed by atoms with van der Waals surface area (Å²) in [5, 5.41) is 11.8. The lowest BCUT2D eigenvalue weighted by Gasteiger charge is -2.28. The van der Waals surface area contributed by atoms with E-state index in [1.54, 1.807) is 11.3 Å². The highest BCUT2D eigenvalue weighted by molar-refractivity contribution is 7.22. The van der Waals surface area contributed by atoms with Crippen LogP contribution in [0.1, 0.15) is 43.6 Å². The third-order valence-electron chi connectivity index (χ3n) is 7.56. The number of aryl methyl sites for hydroxylation is 1. The number of aromatic nitrogens is 2. The second-order valence-corrected chi connectivity index (χ2v) is 13.1. The van der Waals surface area contributed by atoms with Crippen LogP contribution >= 0.6 is 22.9 Å². The number of carboxylic acids is 1. The van der Waals surface area contributed by atoms with Gasteiger partial charge < -0.3 is 14.7 Å². The molecule has 6 rings (SSSR count). The fourth-order valence-corrected chi connectivity index (χ4v) is 6.96. The average Bonchev–Trinajstić information content (AvgIpc) is 3.55. The van der Waals surface area contributed by atoms with Crippen LogP contribution in [0.3, 0.4) is 0 Å². The van der Waals surface area contributed by atoms with Gasteiger partial charge in [-0.15, -0.1) is 11.3 Å². The summed E-state index contributed by atoms with van der Waals surface area (Å²) in [4.78, 5) is 24.7. The zero-order valence-corrected chi connectivity index (χ0v) is 25.8. The highest BCUT2D eigenvalue weighted by Crippen LogP contribution is 2.45. The molecule has 214 valence electrons. The lowest BCUT2D eigenvalue weighted by Crippen LogP contribution is -2.28. The summed E-state index contributed by atoms with van der Waals surface area (Å²) >= 11 is 7.79. The number of nitrogens with zero attached hydrogens (tertiary/aromatic N) is 3. The molecule has 0 amide bonds. The van der Waals surface area contributed by atoms with Crippen molar-refractivity contribution in [2.75, 3.05) is 18.5 Å². The number of anilines is 1. The van der Waals surface area contributed by atoms with Gasteiger partial charge in [-0.3, -0.25) is 4.98 Å². The third kappa shape index (κ3) is 5.28. The molecule has 0 aliphatic carbocycles. The Balaban J connectivity index is 1.54. The Labute approximate surface area is 254 Å². The summed E-state index contributed by atoms with van der Waals surface area (Å²) in [6, 6.07) is 19.9. The number of rotatable bonds is 6. The predicted molar refractivity (Wildman–Crippen MR) is 172 cm³/mol. The van der Waals surface area contributed by atoms with Gasteiger partial charge in [0.1, 0.15) is 5.01 Å². The number of thiazole rings is 1. The SMILES string of the molecule is Cc1cc2nc(-c3ccnc(-c4cccc5c4CCN5C)c3)sc2c(-c2ccc(Cl)cc2)c1C(OC(C)(C)C)C(=O)O. The predicted octanol–water partition coefficient (Wildman–Crippen LogP) is 8.59. The fourth-order valence-electron chi connectivity index (χ4n) is 5.71. The molecule has 8 heteroatoms. The Hall–Kier alpha value is -3.78. The number of carbonyl (C=O) groups is 1. The molecule has 3 aromatic carbocycles. The number of ether oxygens (including phenoxy) is 1. The number of aliphatic carboxylic acids is 1. The van der Waals surface area contributed by atoms with Gasteiger partial charge in [-0.05, 0) is 87.2 Å². The van der Waals surface area contributed by atoms with Crippen LogP contribution in [-0.2, 0) is 16.0 Å². The minimum atomic E-state index is -1.16. The van der Waals surface area contributed by atoms with Crippen LogP contribution in [0.15, 0.2) is 66.9 Å². The minimum absolute atomic E-state index is 0.609. The summed E-state index contributed by atoms with van der Waals surface area (Å²) in [7, 11) is 2.12. The number of benzene rings is 3. The first-order chi connectivity index (χ1) is 20.0. The molecule has 0 radical (unpaired) electrons. The van der Waals surface area contributed by atoms with Crippen LogP contribution in [-0.4, -0.2) is 40.2 Å². The van der Waals surface area contributed by atoms with E-state index in [0.717, 1.165) is 61.7 Å². The molecule has 2 aromatic heterocycles. The van der Waals surface area contributed by atoms with Crippen molar-refractivity contribution in [2.45, 2.75) is 45.8 Å². The molecule has 0 spiro atoms. The molecule has 42 heavy (non-hydrogen) atoms. The minimum Gasteiger partial charge on any atom is -0.479 e. The normalized spacial score (nSPS) is 13.9. The molecule has 1 aliphatic rings. The van der Waals surface area contributed by atoms with Gasteiger partial charge in [0, 0.05) is 52.8 Å². The standard InChI is InChI=1S/C34H32ClN3O3S/c1-19-17-26-31(29(20-9-11-22(35)12-10-20)28(19)30(33(39)40)41-34(2,3)4)42-32(37-26)21-13-15-36-25(18-21)23-7-6-8-27-24(23)14-16-38(27)5/h6-13,15,17-18,30H,14,16H2,1-5H3,(H,39,40). The van der Waals surface area contributed by atoms with Crippen molar-refractivity contribution in [2.24, 2.45) is 0 Å². The smallest absolute Gasteiger partial charge is 0.337 e. The van der Waals surface area contributed by atoms with Crippen molar-refractivity contribution in [1.29, 1.82) is 0 Å². The van der Waals surface area contributed by atoms with Gasteiger partial charge in [0.05, 0.1) is 21.5 Å². The molecule has 1 atom stereocenters. The first-order valence-electron chi connectivity index (χ1n) is 13.9. The van der Waals surface area contributed by atoms with Gasteiger partial charge in [0.15, 0.2) is 6.10 Å². The molecule has 0 bridgehead atoms. The molecular weight excluding hydrogens is 566 g/mol. The van der Waals surface area contributed by atoms with E-state index in [1.807, 2.05) is 70.3 Å². The molecule has 1 aliphatic heterocycles. The molecule has 0 fully saturated rings. The van der Waals surface area contributed by atoms with Crippen LogP contribution in [0.25, 0.3) is 43.2 Å². The largest absolute Gasteiger partial charge is 0.479 e. The van der Waals surface area contributed by atoms with Gasteiger partial charge >= 0.3 is 5.97 Å². The topological polar surface area (TPSA) is 75.5 Å². The zero-order chi connectivity index (χ0) is 29.8. The maximum atomic E-state index is 12.6. The van der Waals surface area contributed by atoms with Crippen LogP contribution in [0.4, 0.5) is 5.69 Å². The van der Waals surface area contributed by atoms with Crippen LogP contribution < -0.4 is 4.90 Å². The van der Waals surface area contributed by atoms with Crippen LogP contribution in [0.5, 0.6) is 0 Å². The van der Waals surface area contributed by atoms with Crippen molar-refractivity contribution in [3.8, 4) is 33.0 Å². The van der Waals surface area contributed by atoms with Crippen LogP contribution in [0, 0.1) is 6.92 Å². The highest BCUT2D eigenvalue weighted by atomic mass is 35.5. The molecule has 5 aromatic rings. The van der Waals surface area contributed by atoms with Crippen molar-refractivity contribution in [1.82, 2.24) is 9.97 Å². The first kappa shape index (κ1) is 28.3. The number of fused-ring (bicyclic) bond motifs is 2. The van der Waals surface area contributed by atoms with Crippen molar-refractivity contribution in [3.05, 3.63) is 88.6 Å². The van der Waals surface area contributed by atoms with Gasteiger partial charge in [0.25, 0.3) is 0 Å². The van der Waals surface area contributed by atoms with E-state index in [2.05, 4.69) is 36.2 Å². The second-order valence-electron chi connectivity index (χ2n) is 11.7. The maximum Gasteiger partial charge on any atom is 0.337 e. The molecule has 6 nitrogen and oxygen atoms in total. The molecule has 1 unspecified atom stereocenters. The summed E-state index contributed by atoms with van der Waals surface area (Å²) in [6.07, 6.45) is 1.67. The third-order valence-corrected chi connectivity index (χ3v) is 8.95. The van der Waals surface area contributed by atoms with Crippen molar-refractivity contribution < 1.29 is 14.6 Å². The Bertz CT molecular complexity index is 1830. The number of carboxylic acid groups (broad SMARTS) is 1. The van der Waals surface area contributed by atoms with E-state index in [-0.39, 0.29) is 0 Å². The fraction of sp³-hybridized carbons (Fsp3) is 0.265. The number of hydrogen-bond donors (Lipinski definition) is 1. The lowest BCUT2D eigenvalue weighted by molar-refractivity contribution is -0.160. The van der Waals surface area contributed by atoms with Gasteiger partial charge in [-0.25, -0.2) is 9.78 Å². The molecule has 0 saturated carbocycles. The summed E-state index contributed by atoms with van der Waals surface area (Å²) < 4.78 is 7.05. The average molecular weight is 598 g/mol. The molecule has 3 heterocycles. The second kappa shape index (κ2) is 10.8. The van der Waals surface area contributed by atoms with Crippen LogP contribution in [0.2, 0.25) is 5.02 Å². The number of pyridine rings is 1. The monoisotopic (exact) mass is 597 g/mol. The van der Waals surface area contributed by atoms with Crippen molar-refractivity contribution >= 4 is 44.8 Å². The Kier molecular flexibility index (Phi) is 7.29. The first-order valence-corrected chi connectivity index (χ1v) is 15.1. The summed E-state index contributed by atoms with van der Waals surface area (Å²) in [5.41, 5.74) is 8.83.